The van der Waals surface area contributed by atoms with Crippen molar-refractivity contribution in [2.75, 3.05) is 19.8 Å². The summed E-state index contributed by atoms with van der Waals surface area (Å²) in [6.45, 7) is 16.6. The predicted molar refractivity (Wildman–Crippen MR) is 188 cm³/mol. The average Bonchev–Trinajstić information content (AvgIpc) is 3.42. The number of hydrogen-bond acceptors (Lipinski definition) is 6. The highest BCUT2D eigenvalue weighted by atomic mass is 35.5. The number of alkyl carbamates (subject to hydrolysis) is 1. The van der Waals surface area contributed by atoms with Gasteiger partial charge in [0.25, 0.3) is 0 Å². The molecule has 0 saturated carbocycles. The fourth-order valence-electron chi connectivity index (χ4n) is 5.95. The van der Waals surface area contributed by atoms with Gasteiger partial charge in [-0.2, -0.15) is 5.10 Å². The van der Waals surface area contributed by atoms with Crippen molar-refractivity contribution in [3.63, 3.8) is 0 Å². The highest BCUT2D eigenvalue weighted by Gasteiger charge is 2.28. The Balaban J connectivity index is 1.77. The third-order valence-corrected chi connectivity index (χ3v) is 8.89. The van der Waals surface area contributed by atoms with Gasteiger partial charge in [0.1, 0.15) is 17.0 Å². The summed E-state index contributed by atoms with van der Waals surface area (Å²) >= 11 is 13.3. The van der Waals surface area contributed by atoms with E-state index >= 15 is 0 Å². The lowest BCUT2D eigenvalue weighted by atomic mass is 9.98. The van der Waals surface area contributed by atoms with Crippen LogP contribution in [0.3, 0.4) is 0 Å². The van der Waals surface area contributed by atoms with Crippen LogP contribution < -0.4 is 10.1 Å². The molecule has 1 amide bonds. The van der Waals surface area contributed by atoms with Crippen LogP contribution in [-0.2, 0) is 29.5 Å². The molecular weight excluding hydrogens is 639 g/mol. The van der Waals surface area contributed by atoms with Gasteiger partial charge in [-0.1, -0.05) is 29.3 Å². The van der Waals surface area contributed by atoms with Crippen molar-refractivity contribution in [2.24, 2.45) is 7.05 Å². The summed E-state index contributed by atoms with van der Waals surface area (Å²) in [5.74, 6) is 0.344. The van der Waals surface area contributed by atoms with E-state index in [1.807, 2.05) is 89.0 Å². The number of carbonyl (C=O) groups is 2. The lowest BCUT2D eigenvalue weighted by Gasteiger charge is -2.20. The fourth-order valence-corrected chi connectivity index (χ4v) is 6.30. The number of amides is 1. The van der Waals surface area contributed by atoms with Gasteiger partial charge in [-0.25, -0.2) is 9.59 Å². The number of hydrogen-bond donors (Lipinski definition) is 1. The van der Waals surface area contributed by atoms with Crippen LogP contribution in [0.2, 0.25) is 10.0 Å². The van der Waals surface area contributed by atoms with Crippen molar-refractivity contribution in [2.45, 2.75) is 86.8 Å². The van der Waals surface area contributed by atoms with Crippen LogP contribution >= 0.6 is 23.2 Å². The molecule has 0 atom stereocenters. The second kappa shape index (κ2) is 15.0. The van der Waals surface area contributed by atoms with E-state index in [0.717, 1.165) is 60.9 Å². The highest BCUT2D eigenvalue weighted by molar-refractivity contribution is 6.35. The van der Waals surface area contributed by atoms with Crippen LogP contribution in [0, 0.1) is 27.7 Å². The van der Waals surface area contributed by atoms with Crippen molar-refractivity contribution < 1.29 is 23.8 Å². The molecule has 0 aliphatic carbocycles. The Bertz CT molecular complexity index is 1760. The Morgan fingerprint density at radius 2 is 1.68 bits per heavy atom. The zero-order valence-corrected chi connectivity index (χ0v) is 30.4. The van der Waals surface area contributed by atoms with Crippen molar-refractivity contribution >= 4 is 46.2 Å². The van der Waals surface area contributed by atoms with Gasteiger partial charge in [-0.05, 0) is 110 Å². The number of ether oxygens (including phenoxy) is 3. The van der Waals surface area contributed by atoms with Gasteiger partial charge < -0.3 is 24.1 Å². The summed E-state index contributed by atoms with van der Waals surface area (Å²) in [6, 6.07) is 7.73. The number of fused-ring (bicyclic) bond motifs is 1. The standard InChI is InChI=1S/C36H46Cl2N4O5/c1-10-45-34(43)33-26(13-11-18-46-25-19-21(2)31(38)22(3)20-25)27-14-15-28(37)30(29-23(4)40-41(9)24(29)5)32(27)42(33)17-12-16-39-35(44)47-36(6,7)8/h14-15,19-20H,10-13,16-18H2,1-9H3,(H,39,44). The molecule has 0 aliphatic rings. The van der Waals surface area contributed by atoms with Gasteiger partial charge >= 0.3 is 12.1 Å². The first-order valence-electron chi connectivity index (χ1n) is 16.0. The van der Waals surface area contributed by atoms with Crippen LogP contribution in [0.1, 0.15) is 79.1 Å². The van der Waals surface area contributed by atoms with E-state index in [-0.39, 0.29) is 6.61 Å². The Morgan fingerprint density at radius 1 is 1.00 bits per heavy atom. The molecule has 0 saturated heterocycles. The SMILES string of the molecule is CCOC(=O)c1c(CCCOc2cc(C)c(Cl)c(C)c2)c2ccc(Cl)c(-c3c(C)nn(C)c3C)c2n1CCCNC(=O)OC(C)(C)C. The topological polar surface area (TPSA) is 96.6 Å². The number of aromatic nitrogens is 3. The van der Waals surface area contributed by atoms with Crippen molar-refractivity contribution in [1.82, 2.24) is 19.7 Å². The summed E-state index contributed by atoms with van der Waals surface area (Å²) in [7, 11) is 1.90. The predicted octanol–water partition coefficient (Wildman–Crippen LogP) is 8.69. The first-order chi connectivity index (χ1) is 22.1. The monoisotopic (exact) mass is 684 g/mol. The highest BCUT2D eigenvalue weighted by Crippen LogP contribution is 2.42. The van der Waals surface area contributed by atoms with E-state index in [1.165, 1.54) is 0 Å². The molecule has 0 spiro atoms. The van der Waals surface area contributed by atoms with Crippen molar-refractivity contribution in [3.8, 4) is 16.9 Å². The number of carbonyl (C=O) groups excluding carboxylic acids is 2. The minimum absolute atomic E-state index is 0.229. The normalized spacial score (nSPS) is 11.6. The second-order valence-corrected chi connectivity index (χ2v) is 13.6. The van der Waals surface area contributed by atoms with Crippen LogP contribution in [0.15, 0.2) is 24.3 Å². The second-order valence-electron chi connectivity index (χ2n) is 12.8. The summed E-state index contributed by atoms with van der Waals surface area (Å²) in [4.78, 5) is 26.1. The van der Waals surface area contributed by atoms with Gasteiger partial charge in [-0.15, -0.1) is 0 Å². The maximum absolute atomic E-state index is 13.8. The largest absolute Gasteiger partial charge is 0.494 e. The lowest BCUT2D eigenvalue weighted by Crippen LogP contribution is -2.33. The summed E-state index contributed by atoms with van der Waals surface area (Å²) in [6.07, 6.45) is 1.25. The maximum Gasteiger partial charge on any atom is 0.407 e. The first-order valence-corrected chi connectivity index (χ1v) is 16.8. The molecule has 2 aromatic heterocycles. The molecule has 2 aromatic carbocycles. The maximum atomic E-state index is 13.8. The fraction of sp³-hybridized carbons (Fsp3) is 0.472. The molecule has 0 radical (unpaired) electrons. The number of aryl methyl sites for hydroxylation is 6. The number of esters is 1. The molecule has 4 aromatic rings. The van der Waals surface area contributed by atoms with Gasteiger partial charge in [-0.3, -0.25) is 4.68 Å². The Kier molecular flexibility index (Phi) is 11.6. The molecule has 47 heavy (non-hydrogen) atoms. The smallest absolute Gasteiger partial charge is 0.407 e. The zero-order chi connectivity index (χ0) is 34.6. The Hall–Kier alpha value is -3.69. The molecule has 9 nitrogen and oxygen atoms in total. The molecule has 2 heterocycles. The van der Waals surface area contributed by atoms with E-state index in [0.29, 0.717) is 49.7 Å². The number of halogens is 2. The van der Waals surface area contributed by atoms with Crippen LogP contribution in [0.25, 0.3) is 22.0 Å². The van der Waals surface area contributed by atoms with Gasteiger partial charge in [0, 0.05) is 47.4 Å². The summed E-state index contributed by atoms with van der Waals surface area (Å²) < 4.78 is 21.0. The average molecular weight is 686 g/mol. The van der Waals surface area contributed by atoms with E-state index in [2.05, 4.69) is 10.4 Å². The molecule has 4 rings (SSSR count). The molecule has 0 unspecified atom stereocenters. The quantitative estimate of drug-likeness (QED) is 0.118. The van der Waals surface area contributed by atoms with Crippen molar-refractivity contribution in [3.05, 3.63) is 68.1 Å². The number of rotatable bonds is 12. The molecule has 0 aliphatic heterocycles. The number of nitrogens with one attached hydrogen (secondary N) is 1. The zero-order valence-electron chi connectivity index (χ0n) is 28.9. The first kappa shape index (κ1) is 36.2. The van der Waals surface area contributed by atoms with E-state index in [9.17, 15) is 9.59 Å². The van der Waals surface area contributed by atoms with E-state index < -0.39 is 17.7 Å². The molecule has 254 valence electrons. The third-order valence-electron chi connectivity index (χ3n) is 7.98. The van der Waals surface area contributed by atoms with Crippen LogP contribution in [0.4, 0.5) is 4.79 Å². The summed E-state index contributed by atoms with van der Waals surface area (Å²) in [5, 5.41) is 9.69. The third kappa shape index (κ3) is 8.25. The van der Waals surface area contributed by atoms with Crippen LogP contribution in [-0.4, -0.2) is 51.8 Å². The van der Waals surface area contributed by atoms with Gasteiger partial charge in [0.2, 0.25) is 0 Å². The Labute approximate surface area is 287 Å². The lowest BCUT2D eigenvalue weighted by molar-refractivity contribution is 0.0502. The molecule has 0 fully saturated rings. The van der Waals surface area contributed by atoms with Crippen LogP contribution in [0.5, 0.6) is 5.75 Å². The minimum atomic E-state index is -0.604. The number of nitrogens with zero attached hydrogens (tertiary/aromatic N) is 3. The molecule has 11 heteroatoms. The number of benzene rings is 2. The van der Waals surface area contributed by atoms with Gasteiger partial charge in [0.05, 0.1) is 29.4 Å². The van der Waals surface area contributed by atoms with E-state index in [1.54, 1.807) is 6.92 Å². The molecule has 0 bridgehead atoms. The minimum Gasteiger partial charge on any atom is -0.494 e. The molecular formula is C36H46Cl2N4O5. The van der Waals surface area contributed by atoms with E-state index in [4.69, 9.17) is 37.4 Å². The molecule has 1 N–H and O–H groups in total. The summed E-state index contributed by atoms with van der Waals surface area (Å²) in [5.41, 5.74) is 7.01. The Morgan fingerprint density at radius 3 is 2.28 bits per heavy atom. The van der Waals surface area contributed by atoms with Gasteiger partial charge in [0.15, 0.2) is 0 Å². The van der Waals surface area contributed by atoms with Crippen molar-refractivity contribution in [1.29, 1.82) is 0 Å².